The van der Waals surface area contributed by atoms with Crippen molar-refractivity contribution >= 4 is 28.2 Å². The molecule has 1 unspecified atom stereocenters. The van der Waals surface area contributed by atoms with Gasteiger partial charge in [-0.15, -0.1) is 0 Å². The second kappa shape index (κ2) is 8.52. The Bertz CT molecular complexity index is 1170. The van der Waals surface area contributed by atoms with Gasteiger partial charge in [-0.1, -0.05) is 84.9 Å². The molecule has 1 saturated heterocycles. The number of anilines is 2. The topological polar surface area (TPSA) is 35.6 Å². The Kier molecular flexibility index (Phi) is 5.28. The molecule has 1 aliphatic heterocycles. The SMILES string of the molecule is O=C1N(Cc2ccccc2)CC(CNc2ccccc2)N1c1cccc2ccccc12. The maximum Gasteiger partial charge on any atom is 0.325 e. The average Bonchev–Trinajstić information content (AvgIpc) is 3.13. The average molecular weight is 408 g/mol. The number of amides is 2. The number of fused-ring (bicyclic) bond motifs is 1. The van der Waals surface area contributed by atoms with E-state index in [-0.39, 0.29) is 12.1 Å². The molecule has 5 rings (SSSR count). The molecular formula is C27H25N3O. The molecule has 0 saturated carbocycles. The van der Waals surface area contributed by atoms with Crippen molar-refractivity contribution in [2.24, 2.45) is 0 Å². The van der Waals surface area contributed by atoms with Gasteiger partial charge in [0.2, 0.25) is 0 Å². The largest absolute Gasteiger partial charge is 0.383 e. The summed E-state index contributed by atoms with van der Waals surface area (Å²) in [6, 6.07) is 34.9. The Hall–Kier alpha value is -3.79. The van der Waals surface area contributed by atoms with E-state index in [1.54, 1.807) is 0 Å². The highest BCUT2D eigenvalue weighted by Crippen LogP contribution is 2.32. The van der Waals surface area contributed by atoms with Crippen LogP contribution in [0, 0.1) is 0 Å². The van der Waals surface area contributed by atoms with Gasteiger partial charge in [-0.05, 0) is 29.1 Å². The van der Waals surface area contributed by atoms with Crippen molar-refractivity contribution < 1.29 is 4.79 Å². The highest BCUT2D eigenvalue weighted by molar-refractivity contribution is 6.04. The van der Waals surface area contributed by atoms with Crippen LogP contribution in [0.2, 0.25) is 0 Å². The van der Waals surface area contributed by atoms with Crippen LogP contribution in [-0.4, -0.2) is 30.1 Å². The quantitative estimate of drug-likeness (QED) is 0.441. The molecule has 0 radical (unpaired) electrons. The molecule has 1 N–H and O–H groups in total. The summed E-state index contributed by atoms with van der Waals surface area (Å²) in [4.78, 5) is 17.5. The molecule has 4 heteroatoms. The summed E-state index contributed by atoms with van der Waals surface area (Å²) in [5, 5.41) is 5.76. The number of hydrogen-bond acceptors (Lipinski definition) is 2. The number of nitrogens with one attached hydrogen (secondary N) is 1. The van der Waals surface area contributed by atoms with Crippen molar-refractivity contribution in [1.82, 2.24) is 4.90 Å². The van der Waals surface area contributed by atoms with Gasteiger partial charge in [-0.2, -0.15) is 0 Å². The summed E-state index contributed by atoms with van der Waals surface area (Å²) >= 11 is 0. The van der Waals surface area contributed by atoms with Gasteiger partial charge in [0.1, 0.15) is 0 Å². The lowest BCUT2D eigenvalue weighted by atomic mass is 10.1. The Morgan fingerprint density at radius 1 is 0.774 bits per heavy atom. The summed E-state index contributed by atoms with van der Waals surface area (Å²) in [7, 11) is 0. The smallest absolute Gasteiger partial charge is 0.325 e. The zero-order valence-corrected chi connectivity index (χ0v) is 17.3. The number of nitrogens with zero attached hydrogens (tertiary/aromatic N) is 2. The number of urea groups is 1. The minimum absolute atomic E-state index is 0.0298. The van der Waals surface area contributed by atoms with Gasteiger partial charge in [-0.25, -0.2) is 4.79 Å². The monoisotopic (exact) mass is 407 g/mol. The van der Waals surface area contributed by atoms with Crippen LogP contribution in [0.1, 0.15) is 5.56 Å². The van der Waals surface area contributed by atoms with E-state index in [4.69, 9.17) is 0 Å². The van der Waals surface area contributed by atoms with Crippen LogP contribution in [-0.2, 0) is 6.54 Å². The fourth-order valence-electron chi connectivity index (χ4n) is 4.32. The highest BCUT2D eigenvalue weighted by atomic mass is 16.2. The van der Waals surface area contributed by atoms with Crippen LogP contribution in [0.25, 0.3) is 10.8 Å². The molecule has 2 amide bonds. The number of carbonyl (C=O) groups is 1. The van der Waals surface area contributed by atoms with Gasteiger partial charge in [0, 0.05) is 30.7 Å². The number of carbonyl (C=O) groups excluding carboxylic acids is 1. The lowest BCUT2D eigenvalue weighted by molar-refractivity contribution is 0.218. The molecule has 4 nitrogen and oxygen atoms in total. The minimum Gasteiger partial charge on any atom is -0.383 e. The first kappa shape index (κ1) is 19.2. The molecule has 0 aromatic heterocycles. The summed E-state index contributed by atoms with van der Waals surface area (Å²) in [5.41, 5.74) is 3.18. The molecule has 1 heterocycles. The third-order valence-corrected chi connectivity index (χ3v) is 5.83. The summed E-state index contributed by atoms with van der Waals surface area (Å²) in [6.45, 7) is 1.98. The first-order valence-corrected chi connectivity index (χ1v) is 10.7. The maximum atomic E-state index is 13.6. The molecule has 0 bridgehead atoms. The van der Waals surface area contributed by atoms with Gasteiger partial charge in [0.25, 0.3) is 0 Å². The Morgan fingerprint density at radius 3 is 2.26 bits per heavy atom. The minimum atomic E-state index is 0.0298. The number of rotatable bonds is 6. The molecule has 1 aliphatic rings. The normalized spacial score (nSPS) is 16.1. The number of benzene rings is 4. The third-order valence-electron chi connectivity index (χ3n) is 5.83. The lowest BCUT2D eigenvalue weighted by Gasteiger charge is -2.25. The van der Waals surface area contributed by atoms with Crippen LogP contribution >= 0.6 is 0 Å². The van der Waals surface area contributed by atoms with Crippen LogP contribution in [0.4, 0.5) is 16.2 Å². The van der Waals surface area contributed by atoms with Gasteiger partial charge in [0.05, 0.1) is 11.7 Å². The summed E-state index contributed by atoms with van der Waals surface area (Å²) < 4.78 is 0. The van der Waals surface area contributed by atoms with Gasteiger partial charge in [-0.3, -0.25) is 4.90 Å². The van der Waals surface area contributed by atoms with E-state index in [9.17, 15) is 4.79 Å². The lowest BCUT2D eigenvalue weighted by Crippen LogP contribution is -2.39. The summed E-state index contributed by atoms with van der Waals surface area (Å²) in [5.74, 6) is 0. The van der Waals surface area contributed by atoms with Crippen molar-refractivity contribution in [3.05, 3.63) is 109 Å². The van der Waals surface area contributed by atoms with Crippen molar-refractivity contribution in [3.8, 4) is 0 Å². The number of hydrogen-bond donors (Lipinski definition) is 1. The van der Waals surface area contributed by atoms with E-state index >= 15 is 0 Å². The fraction of sp³-hybridized carbons (Fsp3) is 0.148. The van der Waals surface area contributed by atoms with Crippen molar-refractivity contribution in [2.45, 2.75) is 12.6 Å². The van der Waals surface area contributed by atoms with E-state index in [0.717, 1.165) is 27.7 Å². The molecule has 1 fully saturated rings. The highest BCUT2D eigenvalue weighted by Gasteiger charge is 2.38. The molecule has 154 valence electrons. The second-order valence-electron chi connectivity index (χ2n) is 7.92. The van der Waals surface area contributed by atoms with E-state index < -0.39 is 0 Å². The van der Waals surface area contributed by atoms with E-state index in [1.165, 1.54) is 0 Å². The fourth-order valence-corrected chi connectivity index (χ4v) is 4.32. The standard InChI is InChI=1S/C27H25N3O/c31-27-29(19-21-10-3-1-4-11-21)20-24(18-28-23-14-5-2-6-15-23)30(27)26-17-9-13-22-12-7-8-16-25(22)26/h1-17,24,28H,18-20H2. The number of para-hydroxylation sites is 1. The Morgan fingerprint density at radius 2 is 1.45 bits per heavy atom. The van der Waals surface area contributed by atoms with Crippen LogP contribution in [0.3, 0.4) is 0 Å². The molecule has 1 atom stereocenters. The van der Waals surface area contributed by atoms with Crippen molar-refractivity contribution in [3.63, 3.8) is 0 Å². The molecule has 31 heavy (non-hydrogen) atoms. The van der Waals surface area contributed by atoms with E-state index in [1.807, 2.05) is 64.4 Å². The molecular weight excluding hydrogens is 382 g/mol. The van der Waals surface area contributed by atoms with Gasteiger partial charge < -0.3 is 10.2 Å². The van der Waals surface area contributed by atoms with Crippen LogP contribution in [0.5, 0.6) is 0 Å². The zero-order chi connectivity index (χ0) is 21.0. The first-order valence-electron chi connectivity index (χ1n) is 10.7. The predicted octanol–water partition coefficient (Wildman–Crippen LogP) is 5.76. The maximum absolute atomic E-state index is 13.6. The predicted molar refractivity (Wildman–Crippen MR) is 127 cm³/mol. The third kappa shape index (κ3) is 3.97. The van der Waals surface area contributed by atoms with Crippen LogP contribution in [0.15, 0.2) is 103 Å². The molecule has 0 spiro atoms. The zero-order valence-electron chi connectivity index (χ0n) is 17.3. The van der Waals surface area contributed by atoms with E-state index in [2.05, 4.69) is 53.8 Å². The molecule has 0 aliphatic carbocycles. The van der Waals surface area contributed by atoms with Crippen LogP contribution < -0.4 is 10.2 Å². The van der Waals surface area contributed by atoms with Gasteiger partial charge >= 0.3 is 6.03 Å². The van der Waals surface area contributed by atoms with Gasteiger partial charge in [0.15, 0.2) is 0 Å². The summed E-state index contributed by atoms with van der Waals surface area (Å²) in [6.07, 6.45) is 0. The molecule has 4 aromatic carbocycles. The Balaban J connectivity index is 1.47. The van der Waals surface area contributed by atoms with Crippen molar-refractivity contribution in [2.75, 3.05) is 23.3 Å². The van der Waals surface area contributed by atoms with E-state index in [0.29, 0.717) is 19.6 Å². The first-order chi connectivity index (χ1) is 15.3. The molecule has 4 aromatic rings. The van der Waals surface area contributed by atoms with Crippen molar-refractivity contribution in [1.29, 1.82) is 0 Å². The second-order valence-corrected chi connectivity index (χ2v) is 7.92. The Labute approximate surface area is 182 Å².